The summed E-state index contributed by atoms with van der Waals surface area (Å²) in [4.78, 5) is 4.44. The predicted molar refractivity (Wildman–Crippen MR) is 58.0 cm³/mol. The quantitative estimate of drug-likeness (QED) is 0.632. The molecule has 0 radical (unpaired) electrons. The molecule has 0 N–H and O–H groups in total. The second kappa shape index (κ2) is 3.88. The van der Waals surface area contributed by atoms with Gasteiger partial charge >= 0.3 is 0 Å². The van der Waals surface area contributed by atoms with Crippen molar-refractivity contribution in [1.82, 2.24) is 9.80 Å². The van der Waals surface area contributed by atoms with Crippen LogP contribution >= 0.6 is 0 Å². The average molecular weight is 195 g/mol. The molecular weight excluding hydrogens is 174 g/mol. The van der Waals surface area contributed by atoms with E-state index in [-0.39, 0.29) is 5.54 Å². The zero-order valence-corrected chi connectivity index (χ0v) is 9.91. The SMILES string of the molecule is CC1CC(C#N)(N(C)C)CC(C)N1C. The smallest absolute Gasteiger partial charge is 0.111 e. The third-order valence-electron chi connectivity index (χ3n) is 3.72. The summed E-state index contributed by atoms with van der Waals surface area (Å²) in [6, 6.07) is 3.47. The lowest BCUT2D eigenvalue weighted by Crippen LogP contribution is -2.57. The van der Waals surface area contributed by atoms with Crippen molar-refractivity contribution in [2.45, 2.75) is 44.3 Å². The van der Waals surface area contributed by atoms with E-state index in [1.165, 1.54) is 0 Å². The summed E-state index contributed by atoms with van der Waals surface area (Å²) < 4.78 is 0. The minimum atomic E-state index is -0.259. The molecule has 1 heterocycles. The van der Waals surface area contributed by atoms with Gasteiger partial charge in [-0.1, -0.05) is 0 Å². The third-order valence-corrected chi connectivity index (χ3v) is 3.72. The fourth-order valence-corrected chi connectivity index (χ4v) is 2.34. The Morgan fingerprint density at radius 3 is 2.00 bits per heavy atom. The highest BCUT2D eigenvalue weighted by Crippen LogP contribution is 2.32. The molecule has 2 unspecified atom stereocenters. The third kappa shape index (κ3) is 1.77. The van der Waals surface area contributed by atoms with Crippen molar-refractivity contribution >= 4 is 0 Å². The Bertz CT molecular complexity index is 229. The van der Waals surface area contributed by atoms with Crippen LogP contribution in [-0.2, 0) is 0 Å². The maximum Gasteiger partial charge on any atom is 0.111 e. The standard InChI is InChI=1S/C11H21N3/c1-9-6-11(8-12,13(3)4)7-10(2)14(9)5/h9-10H,6-7H2,1-5H3. The summed E-state index contributed by atoms with van der Waals surface area (Å²) in [7, 11) is 6.16. The van der Waals surface area contributed by atoms with Gasteiger partial charge in [0.25, 0.3) is 0 Å². The topological polar surface area (TPSA) is 30.3 Å². The first-order valence-corrected chi connectivity index (χ1v) is 5.23. The highest BCUT2D eigenvalue weighted by molar-refractivity contribution is 5.12. The molecule has 14 heavy (non-hydrogen) atoms. The van der Waals surface area contributed by atoms with Gasteiger partial charge in [0.1, 0.15) is 5.54 Å². The van der Waals surface area contributed by atoms with Crippen LogP contribution in [0.4, 0.5) is 0 Å². The Kier molecular flexibility index (Phi) is 3.18. The van der Waals surface area contributed by atoms with Gasteiger partial charge < -0.3 is 4.90 Å². The highest BCUT2D eigenvalue weighted by atomic mass is 15.2. The summed E-state index contributed by atoms with van der Waals surface area (Å²) >= 11 is 0. The zero-order valence-electron chi connectivity index (χ0n) is 9.91. The van der Waals surface area contributed by atoms with Crippen molar-refractivity contribution < 1.29 is 0 Å². The van der Waals surface area contributed by atoms with Gasteiger partial charge in [0.2, 0.25) is 0 Å². The van der Waals surface area contributed by atoms with Crippen molar-refractivity contribution in [2.75, 3.05) is 21.1 Å². The van der Waals surface area contributed by atoms with Crippen LogP contribution in [0.3, 0.4) is 0 Å². The Labute approximate surface area is 87.3 Å². The molecule has 0 aromatic heterocycles. The van der Waals surface area contributed by atoms with E-state index in [1.807, 2.05) is 14.1 Å². The number of piperidine rings is 1. The molecule has 1 saturated heterocycles. The van der Waals surface area contributed by atoms with Gasteiger partial charge in [0.05, 0.1) is 6.07 Å². The summed E-state index contributed by atoms with van der Waals surface area (Å²) in [5, 5.41) is 9.32. The van der Waals surface area contributed by atoms with E-state index < -0.39 is 0 Å². The van der Waals surface area contributed by atoms with Crippen LogP contribution in [0, 0.1) is 11.3 Å². The lowest BCUT2D eigenvalue weighted by atomic mass is 9.80. The summed E-state index contributed by atoms with van der Waals surface area (Å²) in [6.07, 6.45) is 1.88. The second-order valence-electron chi connectivity index (χ2n) is 4.81. The van der Waals surface area contributed by atoms with Crippen molar-refractivity contribution in [3.63, 3.8) is 0 Å². The Morgan fingerprint density at radius 1 is 1.29 bits per heavy atom. The molecular formula is C11H21N3. The largest absolute Gasteiger partial charge is 0.301 e. The van der Waals surface area contributed by atoms with E-state index in [2.05, 4.69) is 36.8 Å². The van der Waals surface area contributed by atoms with Crippen LogP contribution in [0.2, 0.25) is 0 Å². The molecule has 1 rings (SSSR count). The molecule has 0 amide bonds. The Hall–Kier alpha value is -0.590. The van der Waals surface area contributed by atoms with E-state index in [0.717, 1.165) is 12.8 Å². The zero-order chi connectivity index (χ0) is 10.9. The van der Waals surface area contributed by atoms with Crippen molar-refractivity contribution in [3.8, 4) is 6.07 Å². The van der Waals surface area contributed by atoms with Gasteiger partial charge in [-0.15, -0.1) is 0 Å². The van der Waals surface area contributed by atoms with Gasteiger partial charge in [-0.05, 0) is 47.8 Å². The monoisotopic (exact) mass is 195 g/mol. The van der Waals surface area contributed by atoms with Gasteiger partial charge in [-0.2, -0.15) is 5.26 Å². The number of rotatable bonds is 1. The molecule has 3 nitrogen and oxygen atoms in total. The molecule has 0 aromatic carbocycles. The summed E-state index contributed by atoms with van der Waals surface area (Å²) in [5.74, 6) is 0. The van der Waals surface area contributed by atoms with Crippen LogP contribution in [0.1, 0.15) is 26.7 Å². The number of hydrogen-bond donors (Lipinski definition) is 0. The molecule has 0 aromatic rings. The van der Waals surface area contributed by atoms with E-state index in [9.17, 15) is 5.26 Å². The Morgan fingerprint density at radius 2 is 1.71 bits per heavy atom. The second-order valence-corrected chi connectivity index (χ2v) is 4.81. The molecule has 0 aliphatic carbocycles. The fraction of sp³-hybridized carbons (Fsp3) is 0.909. The molecule has 1 aliphatic heterocycles. The molecule has 80 valence electrons. The van der Waals surface area contributed by atoms with Gasteiger partial charge in [-0.25, -0.2) is 0 Å². The van der Waals surface area contributed by atoms with Gasteiger partial charge in [-0.3, -0.25) is 4.90 Å². The van der Waals surface area contributed by atoms with E-state index in [4.69, 9.17) is 0 Å². The number of nitrogens with zero attached hydrogens (tertiary/aromatic N) is 3. The van der Waals surface area contributed by atoms with E-state index in [0.29, 0.717) is 12.1 Å². The maximum atomic E-state index is 9.32. The van der Waals surface area contributed by atoms with Crippen molar-refractivity contribution in [1.29, 1.82) is 5.26 Å². The highest BCUT2D eigenvalue weighted by Gasteiger charge is 2.42. The maximum absolute atomic E-state index is 9.32. The molecule has 0 saturated carbocycles. The molecule has 3 heteroatoms. The Balaban J connectivity index is 2.88. The molecule has 1 fully saturated rings. The molecule has 2 atom stereocenters. The lowest BCUT2D eigenvalue weighted by Gasteiger charge is -2.47. The first kappa shape index (κ1) is 11.5. The number of hydrogen-bond acceptors (Lipinski definition) is 3. The summed E-state index contributed by atoms with van der Waals surface area (Å²) in [5.41, 5.74) is -0.259. The van der Waals surface area contributed by atoms with Crippen LogP contribution < -0.4 is 0 Å². The first-order valence-electron chi connectivity index (χ1n) is 5.23. The molecule has 0 bridgehead atoms. The normalized spacial score (nSPS) is 39.8. The first-order chi connectivity index (χ1) is 6.43. The van der Waals surface area contributed by atoms with Crippen LogP contribution in [0.25, 0.3) is 0 Å². The van der Waals surface area contributed by atoms with E-state index in [1.54, 1.807) is 0 Å². The molecule has 0 spiro atoms. The van der Waals surface area contributed by atoms with Crippen molar-refractivity contribution in [3.05, 3.63) is 0 Å². The van der Waals surface area contributed by atoms with Crippen LogP contribution in [0.15, 0.2) is 0 Å². The minimum absolute atomic E-state index is 0.259. The minimum Gasteiger partial charge on any atom is -0.301 e. The van der Waals surface area contributed by atoms with Gasteiger partial charge in [0, 0.05) is 12.1 Å². The van der Waals surface area contributed by atoms with Crippen LogP contribution in [-0.4, -0.2) is 48.6 Å². The fourth-order valence-electron chi connectivity index (χ4n) is 2.34. The average Bonchev–Trinajstić information content (AvgIpc) is 2.13. The van der Waals surface area contributed by atoms with Crippen LogP contribution in [0.5, 0.6) is 0 Å². The summed E-state index contributed by atoms with van der Waals surface area (Å²) in [6.45, 7) is 4.40. The van der Waals surface area contributed by atoms with Gasteiger partial charge in [0.15, 0.2) is 0 Å². The number of nitriles is 1. The molecule has 1 aliphatic rings. The lowest BCUT2D eigenvalue weighted by molar-refractivity contribution is 0.0380. The van der Waals surface area contributed by atoms with E-state index >= 15 is 0 Å². The predicted octanol–water partition coefficient (Wildman–Crippen LogP) is 1.31. The number of likely N-dealkylation sites (tertiary alicyclic amines) is 1. The van der Waals surface area contributed by atoms with Crippen molar-refractivity contribution in [2.24, 2.45) is 0 Å².